The summed E-state index contributed by atoms with van der Waals surface area (Å²) in [4.78, 5) is 13.4. The number of rotatable bonds is 3. The summed E-state index contributed by atoms with van der Waals surface area (Å²) < 4.78 is 26.3. The topological polar surface area (TPSA) is 46.3 Å². The van der Waals surface area contributed by atoms with Gasteiger partial charge in [-0.25, -0.2) is 8.78 Å². The zero-order valence-corrected chi connectivity index (χ0v) is 11.7. The first kappa shape index (κ1) is 15.6. The quantitative estimate of drug-likeness (QED) is 0.916. The van der Waals surface area contributed by atoms with Crippen LogP contribution in [0.1, 0.15) is 26.3 Å². The van der Waals surface area contributed by atoms with Crippen molar-refractivity contribution in [3.8, 4) is 0 Å². The number of carbonyl (C=O) groups excluding carboxylic acids is 1. The molecule has 0 radical (unpaired) electrons. The molecule has 1 aromatic carbocycles. The smallest absolute Gasteiger partial charge is 0.240 e. The van der Waals surface area contributed by atoms with E-state index in [-0.39, 0.29) is 23.4 Å². The van der Waals surface area contributed by atoms with Crippen molar-refractivity contribution >= 4 is 5.91 Å². The van der Waals surface area contributed by atoms with E-state index in [4.69, 9.17) is 5.73 Å². The lowest BCUT2D eigenvalue weighted by molar-refractivity contribution is -0.134. The molecular formula is C14H20F2N2O. The number of hydrogen-bond acceptors (Lipinski definition) is 2. The molecule has 106 valence electrons. The second-order valence-corrected chi connectivity index (χ2v) is 5.77. The molecule has 0 saturated carbocycles. The average molecular weight is 270 g/mol. The van der Waals surface area contributed by atoms with Crippen molar-refractivity contribution in [2.45, 2.75) is 33.4 Å². The molecule has 19 heavy (non-hydrogen) atoms. The first-order chi connectivity index (χ1) is 8.62. The number of carbonyl (C=O) groups is 1. The van der Waals surface area contributed by atoms with Crippen molar-refractivity contribution in [1.29, 1.82) is 0 Å². The minimum atomic E-state index is -0.666. The van der Waals surface area contributed by atoms with E-state index in [9.17, 15) is 13.6 Å². The number of likely N-dealkylation sites (N-methyl/N-ethyl adjacent to an activating group) is 1. The van der Waals surface area contributed by atoms with Gasteiger partial charge in [0, 0.05) is 25.2 Å². The van der Waals surface area contributed by atoms with E-state index in [1.54, 1.807) is 7.05 Å². The summed E-state index contributed by atoms with van der Waals surface area (Å²) in [6.45, 7) is 5.65. The Hall–Kier alpha value is -1.49. The van der Waals surface area contributed by atoms with Crippen LogP contribution in [0.4, 0.5) is 8.78 Å². The number of halogens is 2. The molecule has 0 bridgehead atoms. The number of benzene rings is 1. The number of hydrogen-bond donors (Lipinski definition) is 1. The van der Waals surface area contributed by atoms with Gasteiger partial charge in [0.2, 0.25) is 5.91 Å². The molecule has 3 nitrogen and oxygen atoms in total. The summed E-state index contributed by atoms with van der Waals surface area (Å²) in [5, 5.41) is 0. The summed E-state index contributed by atoms with van der Waals surface area (Å²) >= 11 is 0. The fraction of sp³-hybridized carbons (Fsp3) is 0.500. The van der Waals surface area contributed by atoms with Crippen LogP contribution in [-0.2, 0) is 11.3 Å². The van der Waals surface area contributed by atoms with E-state index in [1.807, 2.05) is 20.8 Å². The van der Waals surface area contributed by atoms with Gasteiger partial charge in [0.1, 0.15) is 11.6 Å². The maximum Gasteiger partial charge on any atom is 0.240 e. The van der Waals surface area contributed by atoms with Crippen molar-refractivity contribution in [3.05, 3.63) is 35.4 Å². The highest BCUT2D eigenvalue weighted by Gasteiger charge is 2.29. The van der Waals surface area contributed by atoms with Crippen LogP contribution in [0.2, 0.25) is 0 Å². The molecule has 2 N–H and O–H groups in total. The van der Waals surface area contributed by atoms with Gasteiger partial charge < -0.3 is 10.6 Å². The van der Waals surface area contributed by atoms with Crippen LogP contribution in [0, 0.1) is 17.0 Å². The molecule has 0 aliphatic carbocycles. The van der Waals surface area contributed by atoms with Crippen molar-refractivity contribution in [1.82, 2.24) is 4.90 Å². The zero-order valence-electron chi connectivity index (χ0n) is 11.7. The van der Waals surface area contributed by atoms with Gasteiger partial charge in [-0.05, 0) is 11.5 Å². The molecule has 1 aromatic rings. The molecule has 0 aromatic heterocycles. The van der Waals surface area contributed by atoms with Crippen molar-refractivity contribution in [2.75, 3.05) is 7.05 Å². The van der Waals surface area contributed by atoms with Crippen molar-refractivity contribution in [3.63, 3.8) is 0 Å². The predicted molar refractivity (Wildman–Crippen MR) is 70.3 cm³/mol. The third-order valence-electron chi connectivity index (χ3n) is 3.00. The van der Waals surface area contributed by atoms with E-state index >= 15 is 0 Å². The molecule has 0 heterocycles. The Bertz CT molecular complexity index is 469. The molecule has 0 saturated heterocycles. The van der Waals surface area contributed by atoms with Gasteiger partial charge in [-0.15, -0.1) is 0 Å². The van der Waals surface area contributed by atoms with Crippen LogP contribution in [0.3, 0.4) is 0 Å². The molecule has 0 aliphatic heterocycles. The molecular weight excluding hydrogens is 250 g/mol. The first-order valence-electron chi connectivity index (χ1n) is 6.07. The molecule has 1 atom stereocenters. The minimum absolute atomic E-state index is 0.0642. The van der Waals surface area contributed by atoms with Crippen LogP contribution >= 0.6 is 0 Å². The van der Waals surface area contributed by atoms with Crippen molar-refractivity contribution in [2.24, 2.45) is 11.1 Å². The zero-order chi connectivity index (χ0) is 14.8. The van der Waals surface area contributed by atoms with Gasteiger partial charge >= 0.3 is 0 Å². The summed E-state index contributed by atoms with van der Waals surface area (Å²) in [6, 6.07) is 2.63. The second kappa shape index (κ2) is 5.65. The van der Waals surface area contributed by atoms with Crippen LogP contribution in [0.25, 0.3) is 0 Å². The Morgan fingerprint density at radius 2 is 1.95 bits per heavy atom. The molecule has 0 fully saturated rings. The van der Waals surface area contributed by atoms with E-state index < -0.39 is 17.7 Å². The van der Waals surface area contributed by atoms with Crippen LogP contribution in [-0.4, -0.2) is 23.9 Å². The Morgan fingerprint density at radius 3 is 2.42 bits per heavy atom. The Balaban J connectivity index is 2.79. The lowest BCUT2D eigenvalue weighted by Crippen LogP contribution is -2.49. The van der Waals surface area contributed by atoms with E-state index in [0.717, 1.165) is 6.07 Å². The largest absolute Gasteiger partial charge is 0.340 e. The Kier molecular flexibility index (Phi) is 4.63. The summed E-state index contributed by atoms with van der Waals surface area (Å²) in [7, 11) is 1.55. The lowest BCUT2D eigenvalue weighted by Gasteiger charge is -2.30. The third-order valence-corrected chi connectivity index (χ3v) is 3.00. The Labute approximate surface area is 112 Å². The highest BCUT2D eigenvalue weighted by atomic mass is 19.1. The van der Waals surface area contributed by atoms with Gasteiger partial charge in [-0.2, -0.15) is 0 Å². The number of nitrogens with zero attached hydrogens (tertiary/aromatic N) is 1. The van der Waals surface area contributed by atoms with Crippen molar-refractivity contribution < 1.29 is 13.6 Å². The van der Waals surface area contributed by atoms with E-state index in [1.165, 1.54) is 17.0 Å². The second-order valence-electron chi connectivity index (χ2n) is 5.77. The highest BCUT2D eigenvalue weighted by molar-refractivity contribution is 5.82. The number of nitrogens with two attached hydrogens (primary N) is 1. The lowest BCUT2D eigenvalue weighted by atomic mass is 9.86. The molecule has 0 unspecified atom stereocenters. The molecule has 0 spiro atoms. The van der Waals surface area contributed by atoms with Gasteiger partial charge in [0.25, 0.3) is 0 Å². The SMILES string of the molecule is CN(Cc1ccc(F)cc1F)C(=O)[C@H](N)C(C)(C)C. The minimum Gasteiger partial charge on any atom is -0.340 e. The standard InChI is InChI=1S/C14H20F2N2O/c1-14(2,3)12(17)13(19)18(4)8-9-5-6-10(15)7-11(9)16/h5-7,12H,8,17H2,1-4H3/t12-/m0/s1. The average Bonchev–Trinajstić information content (AvgIpc) is 2.29. The summed E-state index contributed by atoms with van der Waals surface area (Å²) in [5.41, 5.74) is 5.76. The normalized spacial score (nSPS) is 13.2. The van der Waals surface area contributed by atoms with Gasteiger partial charge in [0.05, 0.1) is 6.04 Å². The third kappa shape index (κ3) is 3.99. The molecule has 0 aliphatic rings. The summed E-state index contributed by atoms with van der Waals surface area (Å²) in [6.07, 6.45) is 0. The number of amides is 1. The molecule has 5 heteroatoms. The van der Waals surface area contributed by atoms with Crippen LogP contribution in [0.5, 0.6) is 0 Å². The maximum atomic E-state index is 13.5. The summed E-state index contributed by atoms with van der Waals surface area (Å²) in [5.74, 6) is -1.57. The van der Waals surface area contributed by atoms with Crippen LogP contribution in [0.15, 0.2) is 18.2 Å². The van der Waals surface area contributed by atoms with Gasteiger partial charge in [-0.3, -0.25) is 4.79 Å². The van der Waals surface area contributed by atoms with E-state index in [0.29, 0.717) is 0 Å². The van der Waals surface area contributed by atoms with Gasteiger partial charge in [0.15, 0.2) is 0 Å². The molecule has 1 rings (SSSR count). The van der Waals surface area contributed by atoms with Gasteiger partial charge in [-0.1, -0.05) is 26.8 Å². The van der Waals surface area contributed by atoms with Crippen LogP contribution < -0.4 is 5.73 Å². The fourth-order valence-electron chi connectivity index (χ4n) is 1.59. The highest BCUT2D eigenvalue weighted by Crippen LogP contribution is 2.20. The first-order valence-corrected chi connectivity index (χ1v) is 6.07. The maximum absolute atomic E-state index is 13.5. The monoisotopic (exact) mass is 270 g/mol. The fourth-order valence-corrected chi connectivity index (χ4v) is 1.59. The predicted octanol–water partition coefficient (Wildman–Crippen LogP) is 2.30. The Morgan fingerprint density at radius 1 is 1.37 bits per heavy atom. The molecule has 1 amide bonds. The van der Waals surface area contributed by atoms with E-state index in [2.05, 4.69) is 0 Å².